The summed E-state index contributed by atoms with van der Waals surface area (Å²) in [4.78, 5) is 0. The van der Waals surface area contributed by atoms with Crippen LogP contribution in [0.3, 0.4) is 0 Å². The van der Waals surface area contributed by atoms with E-state index in [2.05, 4.69) is 6.92 Å². The second-order valence-electron chi connectivity index (χ2n) is 11.8. The van der Waals surface area contributed by atoms with Crippen LogP contribution < -0.4 is 0 Å². The molecule has 0 aromatic carbocycles. The van der Waals surface area contributed by atoms with Gasteiger partial charge in [-0.3, -0.25) is 0 Å². The van der Waals surface area contributed by atoms with Gasteiger partial charge in [-0.05, 0) is 107 Å². The molecule has 30 heavy (non-hydrogen) atoms. The number of hydrogen-bond donors (Lipinski definition) is 0. The average molecular weight is 421 g/mol. The van der Waals surface area contributed by atoms with Gasteiger partial charge in [0.05, 0.1) is 32.0 Å². The van der Waals surface area contributed by atoms with Crippen molar-refractivity contribution in [1.29, 1.82) is 0 Å². The molecule has 2 bridgehead atoms. The maximum Gasteiger partial charge on any atom is 0.154 e. The van der Waals surface area contributed by atoms with E-state index in [0.29, 0.717) is 34.9 Å². The van der Waals surface area contributed by atoms with Gasteiger partial charge < -0.3 is 18.9 Å². The van der Waals surface area contributed by atoms with Gasteiger partial charge in [0.1, 0.15) is 0 Å². The first-order chi connectivity index (χ1) is 14.5. The van der Waals surface area contributed by atoms with Crippen LogP contribution in [0.25, 0.3) is 0 Å². The fourth-order valence-electron chi connectivity index (χ4n) is 7.19. The van der Waals surface area contributed by atoms with Crippen molar-refractivity contribution in [1.82, 2.24) is 0 Å². The van der Waals surface area contributed by atoms with Gasteiger partial charge in [-0.1, -0.05) is 6.92 Å². The molecule has 0 aromatic rings. The first-order valence-electron chi connectivity index (χ1n) is 13.0. The molecular weight excluding hydrogens is 376 g/mol. The SMILES string of the molecule is CC1OCC(CCC2CC[C@H]([C@@H]3CCC(C45CCC(C)(CC4)CC5)CO3)OC2)CO1. The number of ether oxygens (including phenoxy) is 4. The van der Waals surface area contributed by atoms with Gasteiger partial charge in [0.25, 0.3) is 0 Å². The molecular formula is C26H44O4. The van der Waals surface area contributed by atoms with E-state index in [4.69, 9.17) is 18.9 Å². The quantitative estimate of drug-likeness (QED) is 0.569. The van der Waals surface area contributed by atoms with Crippen molar-refractivity contribution in [2.24, 2.45) is 28.6 Å². The first kappa shape index (κ1) is 21.7. The lowest BCUT2D eigenvalue weighted by atomic mass is 9.50. The van der Waals surface area contributed by atoms with Crippen LogP contribution in [0.4, 0.5) is 0 Å². The van der Waals surface area contributed by atoms with Crippen LogP contribution in [0.2, 0.25) is 0 Å². The smallest absolute Gasteiger partial charge is 0.154 e. The van der Waals surface area contributed by atoms with E-state index in [-0.39, 0.29) is 6.29 Å². The molecule has 2 unspecified atom stereocenters. The molecule has 6 rings (SSSR count). The largest absolute Gasteiger partial charge is 0.375 e. The van der Waals surface area contributed by atoms with E-state index in [0.717, 1.165) is 32.3 Å². The van der Waals surface area contributed by atoms with Crippen molar-refractivity contribution >= 4 is 0 Å². The predicted octanol–water partition coefficient (Wildman–Crippen LogP) is 5.73. The zero-order chi connectivity index (χ0) is 20.6. The Morgan fingerprint density at radius 2 is 1.20 bits per heavy atom. The van der Waals surface area contributed by atoms with Crippen LogP contribution in [-0.2, 0) is 18.9 Å². The summed E-state index contributed by atoms with van der Waals surface area (Å²) in [7, 11) is 0. The molecule has 3 aliphatic carbocycles. The van der Waals surface area contributed by atoms with Crippen LogP contribution in [0.5, 0.6) is 0 Å². The Morgan fingerprint density at radius 3 is 1.77 bits per heavy atom. The third-order valence-corrected chi connectivity index (χ3v) is 9.79. The van der Waals surface area contributed by atoms with Gasteiger partial charge in [-0.25, -0.2) is 0 Å². The fraction of sp³-hybridized carbons (Fsp3) is 1.00. The van der Waals surface area contributed by atoms with Gasteiger partial charge in [0.2, 0.25) is 0 Å². The maximum absolute atomic E-state index is 6.49. The first-order valence-corrected chi connectivity index (χ1v) is 13.0. The van der Waals surface area contributed by atoms with Gasteiger partial charge in [-0.15, -0.1) is 0 Å². The van der Waals surface area contributed by atoms with Crippen LogP contribution in [0, 0.1) is 28.6 Å². The van der Waals surface area contributed by atoms with Crippen molar-refractivity contribution in [2.45, 2.75) is 109 Å². The zero-order valence-corrected chi connectivity index (χ0v) is 19.4. The molecule has 4 atom stereocenters. The molecule has 4 heteroatoms. The van der Waals surface area contributed by atoms with Gasteiger partial charge in [-0.2, -0.15) is 0 Å². The second kappa shape index (κ2) is 9.00. The summed E-state index contributed by atoms with van der Waals surface area (Å²) in [5.41, 5.74) is 1.29. The van der Waals surface area contributed by atoms with E-state index in [1.54, 1.807) is 0 Å². The molecule has 0 radical (unpaired) electrons. The van der Waals surface area contributed by atoms with Crippen molar-refractivity contribution in [3.63, 3.8) is 0 Å². The molecule has 4 nitrogen and oxygen atoms in total. The lowest BCUT2D eigenvalue weighted by molar-refractivity contribution is -0.192. The third kappa shape index (κ3) is 4.63. The van der Waals surface area contributed by atoms with Crippen LogP contribution in [0.1, 0.15) is 90.9 Å². The molecule has 3 saturated heterocycles. The Kier molecular flexibility index (Phi) is 6.50. The number of fused-ring (bicyclic) bond motifs is 3. The molecule has 0 aromatic heterocycles. The topological polar surface area (TPSA) is 36.9 Å². The minimum atomic E-state index is -0.0221. The predicted molar refractivity (Wildman–Crippen MR) is 117 cm³/mol. The lowest BCUT2D eigenvalue weighted by Gasteiger charge is -2.56. The van der Waals surface area contributed by atoms with E-state index in [9.17, 15) is 0 Å². The summed E-state index contributed by atoms with van der Waals surface area (Å²) < 4.78 is 24.1. The Balaban J connectivity index is 1.02. The van der Waals surface area contributed by atoms with Crippen LogP contribution in [-0.4, -0.2) is 44.9 Å². The van der Waals surface area contributed by atoms with E-state index < -0.39 is 0 Å². The van der Waals surface area contributed by atoms with Gasteiger partial charge in [0.15, 0.2) is 6.29 Å². The second-order valence-corrected chi connectivity index (χ2v) is 11.8. The standard InChI is InChI=1S/C26H44O4/c1-19-27-16-21(17-28-19)4-3-20-5-7-23(29-15-20)24-8-6-22(18-30-24)26-12-9-25(2,10-13-26)11-14-26/h19-24H,3-18H2,1-2H3/t19?,20?,21?,22?,23-,24+,25?,26?/m1/s1. The molecule has 0 amide bonds. The van der Waals surface area contributed by atoms with Crippen molar-refractivity contribution in [3.8, 4) is 0 Å². The summed E-state index contributed by atoms with van der Waals surface area (Å²) in [6.45, 7) is 8.13. The van der Waals surface area contributed by atoms with Gasteiger partial charge in [0, 0.05) is 12.5 Å². The van der Waals surface area contributed by atoms with Crippen LogP contribution >= 0.6 is 0 Å². The Morgan fingerprint density at radius 1 is 0.633 bits per heavy atom. The van der Waals surface area contributed by atoms with Crippen molar-refractivity contribution in [3.05, 3.63) is 0 Å². The summed E-state index contributed by atoms with van der Waals surface area (Å²) in [6, 6.07) is 0. The Labute approximate surface area is 183 Å². The van der Waals surface area contributed by atoms with Crippen LogP contribution in [0.15, 0.2) is 0 Å². The average Bonchev–Trinajstić information content (AvgIpc) is 2.80. The minimum absolute atomic E-state index is 0.0221. The maximum atomic E-state index is 6.49. The van der Waals surface area contributed by atoms with Crippen molar-refractivity contribution in [2.75, 3.05) is 26.4 Å². The van der Waals surface area contributed by atoms with E-state index in [1.165, 1.54) is 77.0 Å². The molecule has 6 aliphatic rings. The lowest BCUT2D eigenvalue weighted by Crippen LogP contribution is -2.49. The normalized spacial score (nSPS) is 49.8. The highest BCUT2D eigenvalue weighted by molar-refractivity contribution is 5.01. The molecule has 6 fully saturated rings. The number of rotatable bonds is 5. The molecule has 3 heterocycles. The highest BCUT2D eigenvalue weighted by atomic mass is 16.7. The highest BCUT2D eigenvalue weighted by Gasteiger charge is 2.51. The Bertz CT molecular complexity index is 529. The van der Waals surface area contributed by atoms with E-state index in [1.807, 2.05) is 6.92 Å². The minimum Gasteiger partial charge on any atom is -0.375 e. The highest BCUT2D eigenvalue weighted by Crippen LogP contribution is 2.61. The molecule has 0 spiro atoms. The fourth-order valence-corrected chi connectivity index (χ4v) is 7.19. The summed E-state index contributed by atoms with van der Waals surface area (Å²) in [5, 5.41) is 0. The molecule has 3 saturated carbocycles. The molecule has 172 valence electrons. The van der Waals surface area contributed by atoms with Crippen molar-refractivity contribution < 1.29 is 18.9 Å². The molecule has 0 N–H and O–H groups in total. The summed E-state index contributed by atoms with van der Waals surface area (Å²) in [5.74, 6) is 2.07. The summed E-state index contributed by atoms with van der Waals surface area (Å²) >= 11 is 0. The Hall–Kier alpha value is -0.160. The molecule has 3 aliphatic heterocycles. The van der Waals surface area contributed by atoms with Gasteiger partial charge >= 0.3 is 0 Å². The third-order valence-electron chi connectivity index (χ3n) is 9.79. The van der Waals surface area contributed by atoms with E-state index >= 15 is 0 Å². The summed E-state index contributed by atoms with van der Waals surface area (Å²) in [6.07, 6.45) is 16.9. The number of hydrogen-bond acceptors (Lipinski definition) is 4. The monoisotopic (exact) mass is 420 g/mol. The zero-order valence-electron chi connectivity index (χ0n) is 19.4.